The Bertz CT molecular complexity index is 305. The molecule has 1 nitrogen and oxygen atoms in total. The summed E-state index contributed by atoms with van der Waals surface area (Å²) in [6.45, 7) is 6.92. The molecule has 1 atom stereocenters. The summed E-state index contributed by atoms with van der Waals surface area (Å²) in [6, 6.07) is 8.63. The van der Waals surface area contributed by atoms with Gasteiger partial charge in [-0.1, -0.05) is 36.7 Å². The molecule has 1 aromatic rings. The maximum Gasteiger partial charge on any atom is 0.0406 e. The minimum atomic E-state index is 0.532. The molecule has 1 rings (SSSR count). The summed E-state index contributed by atoms with van der Waals surface area (Å²) in [7, 11) is 0. The molecule has 0 heterocycles. The number of nitrogens with one attached hydrogen (secondary N) is 1. The molecule has 0 bridgehead atoms. The van der Waals surface area contributed by atoms with Crippen molar-refractivity contribution in [2.75, 3.05) is 6.54 Å². The molecule has 0 spiro atoms. The van der Waals surface area contributed by atoms with Crippen LogP contribution in [0.3, 0.4) is 0 Å². The van der Waals surface area contributed by atoms with Crippen LogP contribution in [0, 0.1) is 0 Å². The van der Waals surface area contributed by atoms with E-state index in [1.165, 1.54) is 5.56 Å². The third kappa shape index (κ3) is 4.82. The lowest BCUT2D eigenvalue weighted by Gasteiger charge is -2.17. The highest BCUT2D eigenvalue weighted by molar-refractivity contribution is 6.30. The van der Waals surface area contributed by atoms with Crippen LogP contribution in [0.15, 0.2) is 36.9 Å². The predicted molar refractivity (Wildman–Crippen MR) is 72.1 cm³/mol. The Kier molecular flexibility index (Phi) is 6.20. The Labute approximate surface area is 104 Å². The van der Waals surface area contributed by atoms with Gasteiger partial charge in [-0.25, -0.2) is 0 Å². The second kappa shape index (κ2) is 7.48. The SMILES string of the molecule is C=CCCC(Cc1ccc(Cl)cc1)NCC. The number of hydrogen-bond donors (Lipinski definition) is 1. The number of benzene rings is 1. The summed E-state index contributed by atoms with van der Waals surface area (Å²) < 4.78 is 0. The molecule has 2 heteroatoms. The topological polar surface area (TPSA) is 12.0 Å². The van der Waals surface area contributed by atoms with E-state index in [1.54, 1.807) is 0 Å². The highest BCUT2D eigenvalue weighted by Gasteiger charge is 2.07. The average Bonchev–Trinajstić information content (AvgIpc) is 2.29. The third-order valence-corrected chi connectivity index (χ3v) is 2.86. The first-order valence-corrected chi connectivity index (χ1v) is 6.22. The summed E-state index contributed by atoms with van der Waals surface area (Å²) in [5, 5.41) is 4.30. The monoisotopic (exact) mass is 237 g/mol. The smallest absolute Gasteiger partial charge is 0.0406 e. The van der Waals surface area contributed by atoms with Gasteiger partial charge in [0, 0.05) is 11.1 Å². The standard InChI is InChI=1S/C14H20ClN/c1-3-5-6-14(16-4-2)11-12-7-9-13(15)10-8-12/h3,7-10,14,16H,1,4-6,11H2,2H3. The van der Waals surface area contributed by atoms with Crippen LogP contribution in [-0.2, 0) is 6.42 Å². The van der Waals surface area contributed by atoms with E-state index in [-0.39, 0.29) is 0 Å². The molecule has 1 aromatic carbocycles. The van der Waals surface area contributed by atoms with E-state index in [0.29, 0.717) is 6.04 Å². The number of rotatable bonds is 7. The summed E-state index contributed by atoms with van der Waals surface area (Å²) in [5.74, 6) is 0. The van der Waals surface area contributed by atoms with Gasteiger partial charge in [0.05, 0.1) is 0 Å². The van der Waals surface area contributed by atoms with E-state index in [9.17, 15) is 0 Å². The first-order chi connectivity index (χ1) is 7.76. The molecule has 0 aliphatic rings. The molecule has 0 aliphatic carbocycles. The van der Waals surface area contributed by atoms with Crippen LogP contribution in [0.4, 0.5) is 0 Å². The second-order valence-electron chi connectivity index (χ2n) is 3.95. The Balaban J connectivity index is 2.52. The van der Waals surface area contributed by atoms with Crippen LogP contribution in [0.25, 0.3) is 0 Å². The lowest BCUT2D eigenvalue weighted by atomic mass is 10.0. The molecular formula is C14H20ClN. The van der Waals surface area contributed by atoms with Crippen molar-refractivity contribution in [3.05, 3.63) is 47.5 Å². The van der Waals surface area contributed by atoms with Gasteiger partial charge in [0.15, 0.2) is 0 Å². The van der Waals surface area contributed by atoms with E-state index < -0.39 is 0 Å². The Hall–Kier alpha value is -0.790. The number of likely N-dealkylation sites (N-methyl/N-ethyl adjacent to an activating group) is 1. The van der Waals surface area contributed by atoms with Crippen molar-refractivity contribution in [2.24, 2.45) is 0 Å². The fourth-order valence-corrected chi connectivity index (χ4v) is 1.91. The molecule has 0 saturated heterocycles. The Morgan fingerprint density at radius 2 is 2.06 bits per heavy atom. The lowest BCUT2D eigenvalue weighted by molar-refractivity contribution is 0.495. The van der Waals surface area contributed by atoms with Gasteiger partial charge in [-0.2, -0.15) is 0 Å². The van der Waals surface area contributed by atoms with Crippen molar-refractivity contribution in [1.29, 1.82) is 0 Å². The highest BCUT2D eigenvalue weighted by atomic mass is 35.5. The van der Waals surface area contributed by atoms with Gasteiger partial charge in [0.1, 0.15) is 0 Å². The van der Waals surface area contributed by atoms with E-state index in [2.05, 4.69) is 31.0 Å². The molecule has 0 aliphatic heterocycles. The molecule has 0 aromatic heterocycles. The predicted octanol–water partition coefficient (Wildman–Crippen LogP) is 3.83. The van der Waals surface area contributed by atoms with Crippen LogP contribution >= 0.6 is 11.6 Å². The number of allylic oxidation sites excluding steroid dienone is 1. The summed E-state index contributed by atoms with van der Waals surface area (Å²) in [6.07, 6.45) is 5.23. The van der Waals surface area contributed by atoms with E-state index in [1.807, 2.05) is 18.2 Å². The Morgan fingerprint density at radius 1 is 1.38 bits per heavy atom. The normalized spacial score (nSPS) is 12.4. The van der Waals surface area contributed by atoms with Crippen LogP contribution in [0.5, 0.6) is 0 Å². The lowest BCUT2D eigenvalue weighted by Crippen LogP contribution is -2.30. The quantitative estimate of drug-likeness (QED) is 0.711. The minimum absolute atomic E-state index is 0.532. The van der Waals surface area contributed by atoms with Crippen LogP contribution in [-0.4, -0.2) is 12.6 Å². The van der Waals surface area contributed by atoms with Crippen molar-refractivity contribution in [2.45, 2.75) is 32.2 Å². The molecular weight excluding hydrogens is 218 g/mol. The van der Waals surface area contributed by atoms with Gasteiger partial charge in [-0.15, -0.1) is 6.58 Å². The molecule has 16 heavy (non-hydrogen) atoms. The number of halogens is 1. The first-order valence-electron chi connectivity index (χ1n) is 5.85. The van der Waals surface area contributed by atoms with Crippen molar-refractivity contribution in [3.8, 4) is 0 Å². The van der Waals surface area contributed by atoms with Crippen molar-refractivity contribution >= 4 is 11.6 Å². The van der Waals surface area contributed by atoms with E-state index in [4.69, 9.17) is 11.6 Å². The largest absolute Gasteiger partial charge is 0.314 e. The van der Waals surface area contributed by atoms with Crippen molar-refractivity contribution in [1.82, 2.24) is 5.32 Å². The van der Waals surface area contributed by atoms with E-state index >= 15 is 0 Å². The maximum absolute atomic E-state index is 5.86. The van der Waals surface area contributed by atoms with Crippen molar-refractivity contribution < 1.29 is 0 Å². The summed E-state index contributed by atoms with van der Waals surface area (Å²) in [4.78, 5) is 0. The zero-order chi connectivity index (χ0) is 11.8. The van der Waals surface area contributed by atoms with Crippen LogP contribution in [0.2, 0.25) is 5.02 Å². The van der Waals surface area contributed by atoms with Crippen LogP contribution < -0.4 is 5.32 Å². The van der Waals surface area contributed by atoms with Gasteiger partial charge in [0.25, 0.3) is 0 Å². The zero-order valence-electron chi connectivity index (χ0n) is 9.88. The molecule has 88 valence electrons. The first kappa shape index (κ1) is 13.3. The molecule has 1 N–H and O–H groups in total. The highest BCUT2D eigenvalue weighted by Crippen LogP contribution is 2.12. The third-order valence-electron chi connectivity index (χ3n) is 2.61. The second-order valence-corrected chi connectivity index (χ2v) is 4.39. The molecule has 0 radical (unpaired) electrons. The van der Waals surface area contributed by atoms with Gasteiger partial charge < -0.3 is 5.32 Å². The maximum atomic E-state index is 5.86. The fraction of sp³-hybridized carbons (Fsp3) is 0.429. The zero-order valence-corrected chi connectivity index (χ0v) is 10.6. The molecule has 0 amide bonds. The average molecular weight is 238 g/mol. The number of hydrogen-bond acceptors (Lipinski definition) is 1. The van der Waals surface area contributed by atoms with Gasteiger partial charge >= 0.3 is 0 Å². The molecule has 0 saturated carbocycles. The van der Waals surface area contributed by atoms with Gasteiger partial charge in [-0.05, 0) is 43.5 Å². The summed E-state index contributed by atoms with van der Waals surface area (Å²) >= 11 is 5.86. The van der Waals surface area contributed by atoms with Gasteiger partial charge in [0.2, 0.25) is 0 Å². The minimum Gasteiger partial charge on any atom is -0.314 e. The van der Waals surface area contributed by atoms with Gasteiger partial charge in [-0.3, -0.25) is 0 Å². The van der Waals surface area contributed by atoms with Crippen LogP contribution in [0.1, 0.15) is 25.3 Å². The Morgan fingerprint density at radius 3 is 2.62 bits per heavy atom. The van der Waals surface area contributed by atoms with E-state index in [0.717, 1.165) is 30.8 Å². The molecule has 0 fully saturated rings. The summed E-state index contributed by atoms with van der Waals surface area (Å²) in [5.41, 5.74) is 1.33. The fourth-order valence-electron chi connectivity index (χ4n) is 1.79. The van der Waals surface area contributed by atoms with Crippen molar-refractivity contribution in [3.63, 3.8) is 0 Å². The molecule has 1 unspecified atom stereocenters.